The summed E-state index contributed by atoms with van der Waals surface area (Å²) in [6, 6.07) is 5.31. The highest BCUT2D eigenvalue weighted by Crippen LogP contribution is 2.39. The fourth-order valence-electron chi connectivity index (χ4n) is 6.79. The van der Waals surface area contributed by atoms with E-state index >= 15 is 0 Å². The molecule has 256 valence electrons. The zero-order chi connectivity index (χ0) is 33.7. The Morgan fingerprint density at radius 3 is 2.50 bits per heavy atom. The highest BCUT2D eigenvalue weighted by molar-refractivity contribution is 7.90. The van der Waals surface area contributed by atoms with E-state index < -0.39 is 26.9 Å². The predicted molar refractivity (Wildman–Crippen MR) is 179 cm³/mol. The summed E-state index contributed by atoms with van der Waals surface area (Å²) in [6.45, 7) is 1.06. The first-order valence-corrected chi connectivity index (χ1v) is 18.0. The number of aromatic nitrogens is 5. The van der Waals surface area contributed by atoms with E-state index in [0.717, 1.165) is 53.3 Å². The van der Waals surface area contributed by atoms with Crippen molar-refractivity contribution in [3.05, 3.63) is 72.3 Å². The Kier molecular flexibility index (Phi) is 8.48. The van der Waals surface area contributed by atoms with Crippen LogP contribution in [0.15, 0.2) is 61.0 Å². The standard InChI is InChI=1S/C33H42F2N10O2S/c1-44(2)19-21-3-5-23(6-4-21)42-29-16-33(36,39-18-27(29)28-13-24(9-11-37-28)41-25-14-32(34,35)15-25)30-10-12-38-31(43-30)22-17-40-45(20-22)48(46,47)26-7-8-26/h9-13,16-18,20-21,23,25-26,39,42H,3-8,14-15,19,36H2,1-2H3,(H,37,41). The number of pyridine rings is 1. The second kappa shape index (κ2) is 12.5. The first-order chi connectivity index (χ1) is 22.9. The first kappa shape index (κ1) is 32.6. The molecule has 3 aromatic rings. The molecule has 0 aromatic carbocycles. The second-order valence-electron chi connectivity index (χ2n) is 13.9. The van der Waals surface area contributed by atoms with E-state index in [-0.39, 0.29) is 24.9 Å². The molecule has 0 radical (unpaired) electrons. The Hall–Kier alpha value is -3.95. The van der Waals surface area contributed by atoms with Gasteiger partial charge in [-0.1, -0.05) is 0 Å². The van der Waals surface area contributed by atoms with Gasteiger partial charge in [0, 0.05) is 67.0 Å². The number of nitrogens with zero attached hydrogens (tertiary/aromatic N) is 6. The van der Waals surface area contributed by atoms with E-state index in [4.69, 9.17) is 10.7 Å². The summed E-state index contributed by atoms with van der Waals surface area (Å²) in [5.41, 5.74) is 9.68. The molecule has 0 saturated heterocycles. The minimum Gasteiger partial charge on any atom is -0.382 e. The molecular weight excluding hydrogens is 638 g/mol. The lowest BCUT2D eigenvalue weighted by Crippen LogP contribution is -2.50. The van der Waals surface area contributed by atoms with Crippen LogP contribution in [0.1, 0.15) is 62.8 Å². The summed E-state index contributed by atoms with van der Waals surface area (Å²) < 4.78 is 53.4. The molecule has 3 aromatic heterocycles. The predicted octanol–water partition coefficient (Wildman–Crippen LogP) is 3.63. The smallest absolute Gasteiger partial charge is 0.256 e. The summed E-state index contributed by atoms with van der Waals surface area (Å²) >= 11 is 0. The molecule has 3 aliphatic carbocycles. The topological polar surface area (TPSA) is 156 Å². The molecule has 0 amide bonds. The first-order valence-electron chi connectivity index (χ1n) is 16.5. The lowest BCUT2D eigenvalue weighted by molar-refractivity contribution is -0.0793. The van der Waals surface area contributed by atoms with E-state index in [1.165, 1.54) is 12.4 Å². The highest BCUT2D eigenvalue weighted by atomic mass is 32.2. The normalized spacial score (nSPS) is 25.9. The minimum atomic E-state index is -3.53. The summed E-state index contributed by atoms with van der Waals surface area (Å²) in [7, 11) is 0.681. The number of nitrogens with one attached hydrogen (secondary N) is 3. The molecule has 1 aliphatic heterocycles. The molecule has 5 N–H and O–H groups in total. The molecule has 12 nitrogen and oxygen atoms in total. The molecule has 4 heterocycles. The maximum Gasteiger partial charge on any atom is 0.256 e. The number of nitrogens with two attached hydrogens (primary N) is 1. The molecule has 4 aliphatic rings. The third kappa shape index (κ3) is 6.94. The molecule has 0 spiro atoms. The van der Waals surface area contributed by atoms with Crippen molar-refractivity contribution in [2.75, 3.05) is 26.0 Å². The quantitative estimate of drug-likeness (QED) is 0.235. The van der Waals surface area contributed by atoms with Gasteiger partial charge in [0.2, 0.25) is 0 Å². The molecular formula is C33H42F2N10O2S. The SMILES string of the molecule is CN(C)CC1CCC(NC2=CC(N)(c3ccnc(-c4cnn(S(=O)(=O)C5CC5)c4)n3)NC=C2c2cc(NC3CC(F)(F)C3)ccn2)CC1. The molecule has 15 heteroatoms. The molecule has 7 rings (SSSR count). The van der Waals surface area contributed by atoms with Crippen LogP contribution in [-0.4, -0.2) is 81.4 Å². The molecule has 1 unspecified atom stereocenters. The van der Waals surface area contributed by atoms with Crippen LogP contribution in [0.3, 0.4) is 0 Å². The van der Waals surface area contributed by atoms with Gasteiger partial charge in [-0.2, -0.15) is 9.19 Å². The average molecular weight is 681 g/mol. The van der Waals surface area contributed by atoms with Gasteiger partial charge in [0.25, 0.3) is 15.9 Å². The summed E-state index contributed by atoms with van der Waals surface area (Å²) in [5.74, 6) is -1.67. The van der Waals surface area contributed by atoms with Crippen molar-refractivity contribution in [2.45, 2.75) is 80.3 Å². The Bertz CT molecular complexity index is 1820. The van der Waals surface area contributed by atoms with Crippen LogP contribution in [0, 0.1) is 5.92 Å². The average Bonchev–Trinajstić information content (AvgIpc) is 3.78. The van der Waals surface area contributed by atoms with Crippen molar-refractivity contribution in [2.24, 2.45) is 11.7 Å². The van der Waals surface area contributed by atoms with Gasteiger partial charge in [-0.25, -0.2) is 27.2 Å². The maximum absolute atomic E-state index is 13.5. The van der Waals surface area contributed by atoms with Crippen LogP contribution >= 0.6 is 0 Å². The summed E-state index contributed by atoms with van der Waals surface area (Å²) in [6.07, 6.45) is 15.0. The zero-order valence-corrected chi connectivity index (χ0v) is 27.9. The molecule has 3 fully saturated rings. The Morgan fingerprint density at radius 1 is 1.04 bits per heavy atom. The van der Waals surface area contributed by atoms with E-state index in [9.17, 15) is 17.2 Å². The Balaban J connectivity index is 1.16. The van der Waals surface area contributed by atoms with E-state index in [0.29, 0.717) is 41.5 Å². The third-order valence-corrected chi connectivity index (χ3v) is 11.6. The number of anilines is 1. The van der Waals surface area contributed by atoms with Crippen LogP contribution in [0.25, 0.3) is 17.0 Å². The summed E-state index contributed by atoms with van der Waals surface area (Å²) in [4.78, 5) is 16.0. The zero-order valence-electron chi connectivity index (χ0n) is 27.1. The Labute approximate surface area is 279 Å². The molecule has 3 saturated carbocycles. The maximum atomic E-state index is 13.5. The lowest BCUT2D eigenvalue weighted by Gasteiger charge is -2.37. The van der Waals surface area contributed by atoms with Crippen molar-refractivity contribution in [3.63, 3.8) is 0 Å². The highest BCUT2D eigenvalue weighted by Gasteiger charge is 2.45. The second-order valence-corrected chi connectivity index (χ2v) is 16.0. The van der Waals surface area contributed by atoms with Crippen LogP contribution < -0.4 is 21.7 Å². The van der Waals surface area contributed by atoms with E-state index in [1.54, 1.807) is 24.5 Å². The van der Waals surface area contributed by atoms with Crippen LogP contribution in [0.2, 0.25) is 0 Å². The molecule has 48 heavy (non-hydrogen) atoms. The molecule has 0 bridgehead atoms. The number of rotatable bonds is 11. The fraction of sp³-hybridized carbons (Fsp3) is 0.515. The number of hydrogen-bond donors (Lipinski definition) is 4. The number of dihydropyridines is 1. The fourth-order valence-corrected chi connectivity index (χ4v) is 8.27. The number of hydrogen-bond acceptors (Lipinski definition) is 11. The minimum absolute atomic E-state index is 0.189. The van der Waals surface area contributed by atoms with Gasteiger partial charge in [-0.15, -0.1) is 0 Å². The summed E-state index contributed by atoms with van der Waals surface area (Å²) in [5, 5.41) is 14.0. The van der Waals surface area contributed by atoms with Crippen molar-refractivity contribution >= 4 is 21.3 Å². The van der Waals surface area contributed by atoms with Gasteiger partial charge in [0.05, 0.1) is 34.6 Å². The number of halogens is 2. The van der Waals surface area contributed by atoms with Crippen molar-refractivity contribution in [1.29, 1.82) is 0 Å². The van der Waals surface area contributed by atoms with Gasteiger partial charge >= 0.3 is 0 Å². The van der Waals surface area contributed by atoms with Gasteiger partial charge in [-0.3, -0.25) is 4.98 Å². The molecule has 1 atom stereocenters. The van der Waals surface area contributed by atoms with E-state index in [1.807, 2.05) is 18.3 Å². The van der Waals surface area contributed by atoms with Crippen LogP contribution in [0.4, 0.5) is 14.5 Å². The third-order valence-electron chi connectivity index (χ3n) is 9.55. The van der Waals surface area contributed by atoms with Gasteiger partial charge in [0.15, 0.2) is 11.5 Å². The number of alkyl halides is 2. The van der Waals surface area contributed by atoms with Crippen molar-refractivity contribution < 1.29 is 17.2 Å². The van der Waals surface area contributed by atoms with Gasteiger partial charge < -0.3 is 26.6 Å². The Morgan fingerprint density at radius 2 is 1.79 bits per heavy atom. The van der Waals surface area contributed by atoms with E-state index in [2.05, 4.69) is 50.0 Å². The monoisotopic (exact) mass is 680 g/mol. The van der Waals surface area contributed by atoms with Crippen LogP contribution in [0.5, 0.6) is 0 Å². The van der Waals surface area contributed by atoms with Gasteiger partial charge in [0.1, 0.15) is 0 Å². The van der Waals surface area contributed by atoms with Crippen molar-refractivity contribution in [1.82, 2.24) is 39.7 Å². The largest absolute Gasteiger partial charge is 0.382 e. The lowest BCUT2D eigenvalue weighted by atomic mass is 9.85. The van der Waals surface area contributed by atoms with Gasteiger partial charge in [-0.05, 0) is 82.8 Å². The van der Waals surface area contributed by atoms with Crippen LogP contribution in [-0.2, 0) is 15.7 Å². The number of allylic oxidation sites excluding steroid dienone is 1. The van der Waals surface area contributed by atoms with Crippen molar-refractivity contribution in [3.8, 4) is 11.4 Å².